The number of piperidine rings is 1. The molecule has 3 atom stereocenters. The van der Waals surface area contributed by atoms with Crippen molar-refractivity contribution in [2.24, 2.45) is 5.41 Å². The van der Waals surface area contributed by atoms with Crippen molar-refractivity contribution in [2.75, 3.05) is 48.8 Å². The fraction of sp³-hybridized carbons (Fsp3) is 0.567. The van der Waals surface area contributed by atoms with E-state index in [0.29, 0.717) is 54.7 Å². The van der Waals surface area contributed by atoms with Crippen LogP contribution in [0.15, 0.2) is 30.9 Å². The van der Waals surface area contributed by atoms with E-state index in [1.54, 1.807) is 12.4 Å². The van der Waals surface area contributed by atoms with Gasteiger partial charge in [-0.1, -0.05) is 0 Å². The van der Waals surface area contributed by atoms with E-state index in [4.69, 9.17) is 9.47 Å². The van der Waals surface area contributed by atoms with E-state index in [0.717, 1.165) is 38.6 Å². The number of carbonyl (C=O) groups is 2. The third-order valence-electron chi connectivity index (χ3n) is 7.68. The maximum Gasteiger partial charge on any atom is 0.311 e. The van der Waals surface area contributed by atoms with Gasteiger partial charge in [0.25, 0.3) is 5.91 Å². The standard InChI is InChI=1S/C30H40FIN8O4/c1-30(2,3)29(42)44-14-12-39-11-6-7-20(16-39)36-22-15-19(31)9-10-21(22)37-28(41)25(32)38-26-24-27(34-17-33-26)40(18-35-24)23-8-4-5-13-43-23/h9-10,15,17-18,20,23,25,36H,4-8,11-14,16H2,1-3H3,(H,37,41)(H,33,34,38)/t20-,23?,25-/m1/s1. The SMILES string of the molecule is CC(C)(C)C(=O)OCCN1CCC[C@@H](Nc2cc(F)ccc2NC(=O)[C@H](I)Nc2ncnc3c2ncn3C2CCCCO2)C1. The first-order chi connectivity index (χ1) is 21.1. The molecular formula is C30H40FIN8O4. The van der Waals surface area contributed by atoms with E-state index < -0.39 is 15.3 Å². The lowest BCUT2D eigenvalue weighted by molar-refractivity contribution is -0.153. The molecule has 3 N–H and O–H groups in total. The minimum atomic E-state index is -0.708. The summed E-state index contributed by atoms with van der Waals surface area (Å²) in [5.41, 5.74) is 1.63. The molecule has 2 aliphatic rings. The van der Waals surface area contributed by atoms with Crippen LogP contribution in [0.1, 0.15) is 59.1 Å². The highest BCUT2D eigenvalue weighted by Gasteiger charge is 2.26. The van der Waals surface area contributed by atoms with Gasteiger partial charge in [-0.15, -0.1) is 0 Å². The monoisotopic (exact) mass is 722 g/mol. The van der Waals surface area contributed by atoms with Crippen molar-refractivity contribution in [3.63, 3.8) is 0 Å². The third kappa shape index (κ3) is 8.13. The molecule has 0 radical (unpaired) electrons. The number of nitrogens with zero attached hydrogens (tertiary/aromatic N) is 5. The number of anilines is 3. The highest BCUT2D eigenvalue weighted by molar-refractivity contribution is 14.1. The van der Waals surface area contributed by atoms with Gasteiger partial charge in [0.1, 0.15) is 25.0 Å². The van der Waals surface area contributed by atoms with Gasteiger partial charge in [0.15, 0.2) is 21.0 Å². The Morgan fingerprint density at radius 3 is 2.77 bits per heavy atom. The Hall–Kier alpha value is -3.11. The predicted octanol–water partition coefficient (Wildman–Crippen LogP) is 4.94. The number of rotatable bonds is 10. The second-order valence-corrected chi connectivity index (χ2v) is 13.5. The lowest BCUT2D eigenvalue weighted by Crippen LogP contribution is -2.44. The fourth-order valence-electron chi connectivity index (χ4n) is 5.32. The van der Waals surface area contributed by atoms with Crippen LogP contribution in [0.5, 0.6) is 0 Å². The molecule has 0 aliphatic carbocycles. The number of hydrogen-bond donors (Lipinski definition) is 3. The maximum atomic E-state index is 14.3. The molecule has 4 heterocycles. The van der Waals surface area contributed by atoms with Crippen LogP contribution in [0, 0.1) is 11.2 Å². The molecule has 0 spiro atoms. The Bertz CT molecular complexity index is 1460. The summed E-state index contributed by atoms with van der Waals surface area (Å²) in [5, 5.41) is 9.50. The van der Waals surface area contributed by atoms with Gasteiger partial charge in [-0.05, 0) is 100 Å². The molecule has 0 bridgehead atoms. The second kappa shape index (κ2) is 14.3. The fourth-order valence-corrected chi connectivity index (χ4v) is 5.77. The molecule has 2 fully saturated rings. The molecule has 2 aromatic heterocycles. The number of aromatic nitrogens is 4. The van der Waals surface area contributed by atoms with Gasteiger partial charge < -0.3 is 25.4 Å². The zero-order valence-corrected chi connectivity index (χ0v) is 27.5. The number of esters is 1. The summed E-state index contributed by atoms with van der Waals surface area (Å²) in [4.78, 5) is 40.9. The summed E-state index contributed by atoms with van der Waals surface area (Å²) < 4.78 is 26.9. The first-order valence-corrected chi connectivity index (χ1v) is 16.3. The van der Waals surface area contributed by atoms with Crippen LogP contribution < -0.4 is 16.0 Å². The molecule has 1 aromatic carbocycles. The number of halogens is 2. The largest absolute Gasteiger partial charge is 0.464 e. The number of alkyl halides is 1. The van der Waals surface area contributed by atoms with E-state index in [1.165, 1.54) is 18.5 Å². The van der Waals surface area contributed by atoms with Crippen molar-refractivity contribution in [3.05, 3.63) is 36.7 Å². The van der Waals surface area contributed by atoms with Gasteiger partial charge in [0.2, 0.25) is 0 Å². The van der Waals surface area contributed by atoms with Crippen LogP contribution in [-0.2, 0) is 19.1 Å². The summed E-state index contributed by atoms with van der Waals surface area (Å²) in [6.07, 6.45) is 7.85. The lowest BCUT2D eigenvalue weighted by Gasteiger charge is -2.34. The highest BCUT2D eigenvalue weighted by atomic mass is 127. The number of likely N-dealkylation sites (tertiary alicyclic amines) is 1. The predicted molar refractivity (Wildman–Crippen MR) is 174 cm³/mol. The number of imidazole rings is 1. The molecule has 12 nitrogen and oxygen atoms in total. The normalized spacial score (nSPS) is 20.2. The van der Waals surface area contributed by atoms with E-state index in [9.17, 15) is 14.0 Å². The maximum absolute atomic E-state index is 14.3. The number of fused-ring (bicyclic) bond motifs is 1. The summed E-state index contributed by atoms with van der Waals surface area (Å²) in [6.45, 7) is 8.74. The third-order valence-corrected chi connectivity index (χ3v) is 8.55. The first kappa shape index (κ1) is 32.3. The lowest BCUT2D eigenvalue weighted by atomic mass is 9.97. The van der Waals surface area contributed by atoms with Crippen molar-refractivity contribution in [2.45, 2.75) is 69.2 Å². The van der Waals surface area contributed by atoms with Gasteiger partial charge >= 0.3 is 5.97 Å². The van der Waals surface area contributed by atoms with E-state index in [1.807, 2.05) is 47.9 Å². The summed E-state index contributed by atoms with van der Waals surface area (Å²) in [7, 11) is 0. The number of amides is 1. The van der Waals surface area contributed by atoms with Gasteiger partial charge in [0.05, 0.1) is 23.1 Å². The number of hydrogen-bond acceptors (Lipinski definition) is 10. The summed E-state index contributed by atoms with van der Waals surface area (Å²) in [5.74, 6) is -0.516. The van der Waals surface area contributed by atoms with E-state index in [2.05, 4.69) is 35.8 Å². The van der Waals surface area contributed by atoms with Gasteiger partial charge in [-0.3, -0.25) is 19.1 Å². The smallest absolute Gasteiger partial charge is 0.311 e. The quantitative estimate of drug-likeness (QED) is 0.114. The Balaban J connectivity index is 1.20. The van der Waals surface area contributed by atoms with Crippen LogP contribution in [0.4, 0.5) is 21.6 Å². The summed E-state index contributed by atoms with van der Waals surface area (Å²) in [6, 6.07) is 4.30. The average molecular weight is 723 g/mol. The minimum Gasteiger partial charge on any atom is -0.464 e. The van der Waals surface area contributed by atoms with Crippen LogP contribution in [0.2, 0.25) is 0 Å². The first-order valence-electron chi connectivity index (χ1n) is 15.0. The molecule has 14 heteroatoms. The van der Waals surface area contributed by atoms with E-state index >= 15 is 0 Å². The number of benzene rings is 1. The average Bonchev–Trinajstić information content (AvgIpc) is 3.44. The van der Waals surface area contributed by atoms with Gasteiger partial charge in [-0.2, -0.15) is 0 Å². The second-order valence-electron chi connectivity index (χ2n) is 12.2. The van der Waals surface area contributed by atoms with Crippen LogP contribution in [0.3, 0.4) is 0 Å². The Morgan fingerprint density at radius 1 is 1.16 bits per heavy atom. The molecule has 238 valence electrons. The number of carbonyl (C=O) groups excluding carboxylic acids is 2. The van der Waals surface area contributed by atoms with Crippen molar-refractivity contribution in [1.29, 1.82) is 0 Å². The topological polar surface area (TPSA) is 136 Å². The van der Waals surface area contributed by atoms with Crippen molar-refractivity contribution in [3.8, 4) is 0 Å². The number of nitrogens with one attached hydrogen (secondary N) is 3. The highest BCUT2D eigenvalue weighted by Crippen LogP contribution is 2.29. The molecular weight excluding hydrogens is 682 g/mol. The molecule has 2 saturated heterocycles. The molecule has 44 heavy (non-hydrogen) atoms. The Morgan fingerprint density at radius 2 is 2.00 bits per heavy atom. The zero-order valence-electron chi connectivity index (χ0n) is 25.3. The Labute approximate surface area is 270 Å². The van der Waals surface area contributed by atoms with Gasteiger partial charge in [-0.25, -0.2) is 19.3 Å². The van der Waals surface area contributed by atoms with Crippen LogP contribution in [-0.4, -0.2) is 79.2 Å². The van der Waals surface area contributed by atoms with Gasteiger partial charge in [0, 0.05) is 25.7 Å². The van der Waals surface area contributed by atoms with Crippen LogP contribution >= 0.6 is 22.6 Å². The van der Waals surface area contributed by atoms with Crippen molar-refractivity contribution in [1.82, 2.24) is 24.4 Å². The van der Waals surface area contributed by atoms with Crippen LogP contribution in [0.25, 0.3) is 11.2 Å². The molecule has 0 saturated carbocycles. The molecule has 3 aromatic rings. The van der Waals surface area contributed by atoms with E-state index in [-0.39, 0.29) is 24.1 Å². The minimum absolute atomic E-state index is 0.0330. The summed E-state index contributed by atoms with van der Waals surface area (Å²) >= 11 is 2.00. The molecule has 1 amide bonds. The van der Waals surface area contributed by atoms with Crippen molar-refractivity contribution >= 4 is 62.8 Å². The molecule has 5 rings (SSSR count). The van der Waals surface area contributed by atoms with Crippen molar-refractivity contribution < 1.29 is 23.5 Å². The molecule has 2 aliphatic heterocycles. The zero-order chi connectivity index (χ0) is 31.3. The number of ether oxygens (including phenoxy) is 2. The Kier molecular flexibility index (Phi) is 10.5. The molecule has 1 unspecified atom stereocenters.